The molecule has 1 amide bonds. The average molecular weight is 274 g/mol. The first-order chi connectivity index (χ1) is 8.90. The van der Waals surface area contributed by atoms with Crippen molar-refractivity contribution in [3.8, 4) is 0 Å². The molecule has 1 aliphatic carbocycles. The average Bonchev–Trinajstić information content (AvgIpc) is 3.18. The molecule has 0 radical (unpaired) electrons. The third-order valence-electron chi connectivity index (χ3n) is 2.73. The SMILES string of the molecule is CNc1cnc(C(=O)N(CC(F)(F)F)C2CC2)cn1. The molecule has 8 heteroatoms. The Hall–Kier alpha value is -1.86. The number of nitrogens with zero attached hydrogens (tertiary/aromatic N) is 3. The van der Waals surface area contributed by atoms with Crippen LogP contribution in [0.5, 0.6) is 0 Å². The fourth-order valence-electron chi connectivity index (χ4n) is 1.66. The van der Waals surface area contributed by atoms with E-state index in [0.29, 0.717) is 18.7 Å². The maximum absolute atomic E-state index is 12.4. The van der Waals surface area contributed by atoms with Gasteiger partial charge in [0, 0.05) is 13.1 Å². The maximum Gasteiger partial charge on any atom is 0.406 e. The summed E-state index contributed by atoms with van der Waals surface area (Å²) in [7, 11) is 1.63. The summed E-state index contributed by atoms with van der Waals surface area (Å²) < 4.78 is 37.3. The standard InChI is InChI=1S/C11H13F3N4O/c1-15-9-5-16-8(4-17-9)10(19)18(7-2-3-7)6-11(12,13)14/h4-5,7H,2-3,6H2,1H3,(H,15,17). The first-order valence-electron chi connectivity index (χ1n) is 5.78. The fourth-order valence-corrected chi connectivity index (χ4v) is 1.66. The van der Waals surface area contributed by atoms with E-state index in [4.69, 9.17) is 0 Å². The predicted octanol–water partition coefficient (Wildman–Crippen LogP) is 1.69. The molecule has 0 saturated heterocycles. The van der Waals surface area contributed by atoms with Crippen molar-refractivity contribution in [2.24, 2.45) is 0 Å². The van der Waals surface area contributed by atoms with Crippen LogP contribution in [0.4, 0.5) is 19.0 Å². The normalized spacial score (nSPS) is 15.2. The molecule has 1 heterocycles. The van der Waals surface area contributed by atoms with E-state index in [0.717, 1.165) is 4.90 Å². The molecule has 0 spiro atoms. The van der Waals surface area contributed by atoms with Crippen LogP contribution in [0.15, 0.2) is 12.4 Å². The van der Waals surface area contributed by atoms with Gasteiger partial charge < -0.3 is 10.2 Å². The maximum atomic E-state index is 12.4. The van der Waals surface area contributed by atoms with Gasteiger partial charge in [0.25, 0.3) is 5.91 Å². The smallest absolute Gasteiger partial charge is 0.372 e. The largest absolute Gasteiger partial charge is 0.406 e. The lowest BCUT2D eigenvalue weighted by Crippen LogP contribution is -2.40. The molecule has 2 rings (SSSR count). The number of alkyl halides is 3. The number of halogens is 3. The number of rotatable bonds is 4. The minimum Gasteiger partial charge on any atom is -0.372 e. The van der Waals surface area contributed by atoms with Gasteiger partial charge in [-0.2, -0.15) is 13.2 Å². The molecule has 0 aliphatic heterocycles. The number of amides is 1. The number of carbonyl (C=O) groups is 1. The molecular formula is C11H13F3N4O. The van der Waals surface area contributed by atoms with Crippen LogP contribution in [0.2, 0.25) is 0 Å². The van der Waals surface area contributed by atoms with Gasteiger partial charge in [-0.1, -0.05) is 0 Å². The molecule has 1 aliphatic rings. The summed E-state index contributed by atoms with van der Waals surface area (Å²) in [5, 5.41) is 2.72. The first-order valence-corrected chi connectivity index (χ1v) is 5.78. The van der Waals surface area contributed by atoms with Crippen LogP contribution >= 0.6 is 0 Å². The van der Waals surface area contributed by atoms with Gasteiger partial charge >= 0.3 is 6.18 Å². The molecule has 0 bridgehead atoms. The molecule has 1 saturated carbocycles. The second kappa shape index (κ2) is 5.02. The third-order valence-corrected chi connectivity index (χ3v) is 2.73. The predicted molar refractivity (Wildman–Crippen MR) is 61.7 cm³/mol. The zero-order valence-electron chi connectivity index (χ0n) is 10.2. The first kappa shape index (κ1) is 13.6. The van der Waals surface area contributed by atoms with Gasteiger partial charge in [0.2, 0.25) is 0 Å². The molecule has 19 heavy (non-hydrogen) atoms. The van der Waals surface area contributed by atoms with Crippen LogP contribution < -0.4 is 5.32 Å². The lowest BCUT2D eigenvalue weighted by Gasteiger charge is -2.23. The van der Waals surface area contributed by atoms with E-state index in [-0.39, 0.29) is 11.7 Å². The van der Waals surface area contributed by atoms with Gasteiger partial charge in [-0.05, 0) is 12.8 Å². The van der Waals surface area contributed by atoms with E-state index < -0.39 is 18.6 Å². The fraction of sp³-hybridized carbons (Fsp3) is 0.545. The molecule has 1 aromatic rings. The number of aromatic nitrogens is 2. The van der Waals surface area contributed by atoms with E-state index in [2.05, 4.69) is 15.3 Å². The van der Waals surface area contributed by atoms with Crippen molar-refractivity contribution in [1.82, 2.24) is 14.9 Å². The van der Waals surface area contributed by atoms with Crippen molar-refractivity contribution in [3.63, 3.8) is 0 Å². The number of hydrogen-bond acceptors (Lipinski definition) is 4. The molecule has 5 nitrogen and oxygen atoms in total. The number of anilines is 1. The van der Waals surface area contributed by atoms with Crippen LogP contribution in [-0.2, 0) is 0 Å². The highest BCUT2D eigenvalue weighted by molar-refractivity contribution is 5.92. The van der Waals surface area contributed by atoms with Crippen molar-refractivity contribution in [1.29, 1.82) is 0 Å². The number of nitrogens with one attached hydrogen (secondary N) is 1. The molecule has 0 atom stereocenters. The Morgan fingerprint density at radius 3 is 2.53 bits per heavy atom. The third kappa shape index (κ3) is 3.55. The molecule has 1 N–H and O–H groups in total. The summed E-state index contributed by atoms with van der Waals surface area (Å²) in [6.07, 6.45) is -0.712. The zero-order chi connectivity index (χ0) is 14.0. The van der Waals surface area contributed by atoms with Crippen LogP contribution in [0, 0.1) is 0 Å². The van der Waals surface area contributed by atoms with Crippen molar-refractivity contribution in [2.45, 2.75) is 25.1 Å². The summed E-state index contributed by atoms with van der Waals surface area (Å²) in [4.78, 5) is 20.5. The van der Waals surface area contributed by atoms with Crippen molar-refractivity contribution in [3.05, 3.63) is 18.1 Å². The molecule has 104 valence electrons. The number of carbonyl (C=O) groups excluding carboxylic acids is 1. The Morgan fingerprint density at radius 1 is 1.42 bits per heavy atom. The highest BCUT2D eigenvalue weighted by Gasteiger charge is 2.41. The summed E-state index contributed by atoms with van der Waals surface area (Å²) in [6, 6.07) is -0.333. The summed E-state index contributed by atoms with van der Waals surface area (Å²) in [5.41, 5.74) is -0.0739. The van der Waals surface area contributed by atoms with Crippen molar-refractivity contribution < 1.29 is 18.0 Å². The molecule has 1 fully saturated rings. The van der Waals surface area contributed by atoms with Gasteiger partial charge in [0.15, 0.2) is 0 Å². The Balaban J connectivity index is 2.14. The van der Waals surface area contributed by atoms with Crippen LogP contribution in [0.3, 0.4) is 0 Å². The molecular weight excluding hydrogens is 261 g/mol. The van der Waals surface area contributed by atoms with Crippen LogP contribution in [0.25, 0.3) is 0 Å². The topological polar surface area (TPSA) is 58.1 Å². The minimum absolute atomic E-state index is 0.0739. The van der Waals surface area contributed by atoms with E-state index in [1.54, 1.807) is 7.05 Å². The van der Waals surface area contributed by atoms with Gasteiger partial charge in [0.1, 0.15) is 18.1 Å². The molecule has 0 aromatic carbocycles. The summed E-state index contributed by atoms with van der Waals surface area (Å²) in [6.45, 7) is -1.24. The van der Waals surface area contributed by atoms with E-state index in [9.17, 15) is 18.0 Å². The van der Waals surface area contributed by atoms with E-state index in [1.165, 1.54) is 12.4 Å². The summed E-state index contributed by atoms with van der Waals surface area (Å²) in [5.74, 6) is -0.277. The van der Waals surface area contributed by atoms with Crippen LogP contribution in [-0.4, -0.2) is 46.6 Å². The monoisotopic (exact) mass is 274 g/mol. The van der Waals surface area contributed by atoms with Crippen molar-refractivity contribution in [2.75, 3.05) is 18.9 Å². The highest BCUT2D eigenvalue weighted by Crippen LogP contribution is 2.31. The van der Waals surface area contributed by atoms with E-state index >= 15 is 0 Å². The lowest BCUT2D eigenvalue weighted by atomic mass is 10.3. The Kier molecular flexibility index (Phi) is 3.59. The van der Waals surface area contributed by atoms with E-state index in [1.807, 2.05) is 0 Å². The Morgan fingerprint density at radius 2 is 2.11 bits per heavy atom. The molecule has 0 unspecified atom stereocenters. The van der Waals surface area contributed by atoms with Gasteiger partial charge in [-0.25, -0.2) is 9.97 Å². The zero-order valence-corrected chi connectivity index (χ0v) is 10.2. The number of hydrogen-bond donors (Lipinski definition) is 1. The van der Waals surface area contributed by atoms with Gasteiger partial charge in [0.05, 0.1) is 12.4 Å². The lowest BCUT2D eigenvalue weighted by molar-refractivity contribution is -0.141. The van der Waals surface area contributed by atoms with Crippen LogP contribution in [0.1, 0.15) is 23.3 Å². The second-order valence-electron chi connectivity index (χ2n) is 4.32. The summed E-state index contributed by atoms with van der Waals surface area (Å²) >= 11 is 0. The molecule has 1 aromatic heterocycles. The van der Waals surface area contributed by atoms with Gasteiger partial charge in [-0.15, -0.1) is 0 Å². The Bertz CT molecular complexity index is 456. The highest BCUT2D eigenvalue weighted by atomic mass is 19.4. The van der Waals surface area contributed by atoms with Crippen molar-refractivity contribution >= 4 is 11.7 Å². The van der Waals surface area contributed by atoms with Gasteiger partial charge in [-0.3, -0.25) is 4.79 Å². The second-order valence-corrected chi connectivity index (χ2v) is 4.32. The Labute approximate surface area is 107 Å². The quantitative estimate of drug-likeness (QED) is 0.907. The minimum atomic E-state index is -4.41.